The summed E-state index contributed by atoms with van der Waals surface area (Å²) in [6, 6.07) is 0. The first-order valence-corrected chi connectivity index (χ1v) is 11.5. The van der Waals surface area contributed by atoms with E-state index in [4.69, 9.17) is 23.8 Å². The van der Waals surface area contributed by atoms with Gasteiger partial charge < -0.3 is 0 Å². The van der Waals surface area contributed by atoms with Gasteiger partial charge in [0, 0.05) is 5.25 Å². The molecule has 0 radical (unpaired) electrons. The van der Waals surface area contributed by atoms with Crippen LogP contribution in [0.25, 0.3) is 0 Å². The fourth-order valence-corrected chi connectivity index (χ4v) is 7.19. The summed E-state index contributed by atoms with van der Waals surface area (Å²) < 4.78 is 2.10. The molecule has 1 heterocycles. The largest absolute Gasteiger partial charge is 0.121 e. The highest BCUT2D eigenvalue weighted by atomic mass is 35.5. The van der Waals surface area contributed by atoms with Gasteiger partial charge in [-0.15, -0.1) is 11.8 Å². The van der Waals surface area contributed by atoms with E-state index in [9.17, 15) is 0 Å². The number of rotatable bonds is 11. The minimum Gasteiger partial charge on any atom is -0.110 e. The van der Waals surface area contributed by atoms with Gasteiger partial charge in [0.1, 0.15) is 3.82 Å². The molecular weight excluding hydrogens is 344 g/mol. The van der Waals surface area contributed by atoms with Crippen LogP contribution in [0, 0.1) is 3.82 Å². The van der Waals surface area contributed by atoms with Crippen molar-refractivity contribution in [2.75, 3.05) is 0 Å². The zero-order valence-electron chi connectivity index (χ0n) is 12.5. The van der Waals surface area contributed by atoms with Crippen molar-refractivity contribution in [3.8, 4) is 0 Å². The molecule has 0 bridgehead atoms. The Morgan fingerprint density at radius 2 is 1.65 bits per heavy atom. The van der Waals surface area contributed by atoms with Crippen LogP contribution in [0.15, 0.2) is 4.21 Å². The Kier molecular flexibility index (Phi) is 10.9. The lowest BCUT2D eigenvalue weighted by Crippen LogP contribution is -2.02. The van der Waals surface area contributed by atoms with E-state index in [2.05, 4.69) is 13.8 Å². The molecule has 0 aromatic carbocycles. The summed E-state index contributed by atoms with van der Waals surface area (Å²) >= 11 is 13.5. The molecule has 0 saturated carbocycles. The second-order valence-corrected chi connectivity index (χ2v) is 9.90. The highest BCUT2D eigenvalue weighted by Gasteiger charge is 2.14. The molecule has 1 unspecified atom stereocenters. The molecule has 0 spiro atoms. The van der Waals surface area contributed by atoms with Gasteiger partial charge in [0.05, 0.1) is 9.23 Å². The number of hydrogen-bond acceptors (Lipinski definition) is 4. The second-order valence-electron chi connectivity index (χ2n) is 5.14. The zero-order valence-corrected chi connectivity index (χ0v) is 16.5. The molecule has 0 fully saturated rings. The first-order valence-electron chi connectivity index (χ1n) is 7.64. The van der Waals surface area contributed by atoms with Crippen molar-refractivity contribution in [3.63, 3.8) is 0 Å². The Bertz CT molecular complexity index is 410. The molecule has 0 aliphatic carbocycles. The van der Waals surface area contributed by atoms with Crippen molar-refractivity contribution in [3.05, 3.63) is 8.85 Å². The zero-order chi connectivity index (χ0) is 14.8. The summed E-state index contributed by atoms with van der Waals surface area (Å²) in [5.74, 6) is 0. The minimum atomic E-state index is 0.717. The Morgan fingerprint density at radius 1 is 1.00 bits per heavy atom. The molecular formula is C15H25ClS4. The Balaban J connectivity index is 2.42. The predicted molar refractivity (Wildman–Crippen MR) is 101 cm³/mol. The van der Waals surface area contributed by atoms with E-state index in [1.807, 2.05) is 11.8 Å². The van der Waals surface area contributed by atoms with Gasteiger partial charge in [-0.3, -0.25) is 0 Å². The summed E-state index contributed by atoms with van der Waals surface area (Å²) in [6.45, 7) is 4.54. The summed E-state index contributed by atoms with van der Waals surface area (Å²) in [5, 5.41) is 1.54. The molecule has 0 nitrogen and oxygen atoms in total. The Morgan fingerprint density at radius 3 is 2.25 bits per heavy atom. The first kappa shape index (κ1) is 19.0. The van der Waals surface area contributed by atoms with Crippen LogP contribution in [0.3, 0.4) is 0 Å². The fraction of sp³-hybridized carbons (Fsp3) is 0.800. The van der Waals surface area contributed by atoms with Crippen molar-refractivity contribution in [2.24, 2.45) is 0 Å². The SMILES string of the molecule is CCCCCCCC(CCCC)Sc1ssc(=S)c1Cl. The average molecular weight is 369 g/mol. The van der Waals surface area contributed by atoms with Crippen LogP contribution < -0.4 is 0 Å². The van der Waals surface area contributed by atoms with E-state index >= 15 is 0 Å². The third-order valence-electron chi connectivity index (χ3n) is 3.33. The van der Waals surface area contributed by atoms with Crippen molar-refractivity contribution >= 4 is 56.3 Å². The van der Waals surface area contributed by atoms with E-state index in [-0.39, 0.29) is 0 Å². The lowest BCUT2D eigenvalue weighted by molar-refractivity contribution is 0.571. The predicted octanol–water partition coefficient (Wildman–Crippen LogP) is 8.20. The summed E-state index contributed by atoms with van der Waals surface area (Å²) in [6.07, 6.45) is 12.0. The van der Waals surface area contributed by atoms with Gasteiger partial charge in [-0.1, -0.05) is 103 Å². The van der Waals surface area contributed by atoms with Crippen molar-refractivity contribution in [1.82, 2.24) is 0 Å². The van der Waals surface area contributed by atoms with Crippen molar-refractivity contribution < 1.29 is 0 Å². The van der Waals surface area contributed by atoms with Gasteiger partial charge in [0.25, 0.3) is 0 Å². The number of halogens is 1. The quantitative estimate of drug-likeness (QED) is 0.167. The molecule has 0 aliphatic heterocycles. The fourth-order valence-electron chi connectivity index (χ4n) is 2.12. The van der Waals surface area contributed by atoms with Gasteiger partial charge in [-0.05, 0) is 12.8 Å². The topological polar surface area (TPSA) is 0 Å². The van der Waals surface area contributed by atoms with Gasteiger partial charge >= 0.3 is 0 Å². The highest BCUT2D eigenvalue weighted by Crippen LogP contribution is 2.41. The maximum absolute atomic E-state index is 6.29. The van der Waals surface area contributed by atoms with Gasteiger partial charge in [-0.25, -0.2) is 0 Å². The average Bonchev–Trinajstić information content (AvgIpc) is 2.76. The lowest BCUT2D eigenvalue weighted by atomic mass is 10.1. The summed E-state index contributed by atoms with van der Waals surface area (Å²) in [4.78, 5) is 0. The minimum absolute atomic E-state index is 0.717. The Labute approximate surface area is 145 Å². The molecule has 1 atom stereocenters. The van der Waals surface area contributed by atoms with Crippen LogP contribution in [-0.2, 0) is 0 Å². The maximum atomic E-state index is 6.29. The van der Waals surface area contributed by atoms with Crippen LogP contribution in [0.1, 0.15) is 71.6 Å². The lowest BCUT2D eigenvalue weighted by Gasteiger charge is -2.15. The smallest absolute Gasteiger partial charge is 0.110 e. The molecule has 5 heteroatoms. The summed E-state index contributed by atoms with van der Waals surface area (Å²) in [7, 11) is 3.39. The van der Waals surface area contributed by atoms with E-state index in [0.29, 0.717) is 5.25 Å². The highest BCUT2D eigenvalue weighted by molar-refractivity contribution is 8.03. The van der Waals surface area contributed by atoms with Crippen LogP contribution in [-0.4, -0.2) is 5.25 Å². The molecule has 1 aromatic heterocycles. The molecule has 1 rings (SSSR count). The standard InChI is InChI=1S/C15H25ClS4/c1-3-5-7-8-9-11-12(10-6-4-2)18-15-13(16)14(17)19-20-15/h12H,3-11H2,1-2H3. The molecule has 0 amide bonds. The molecule has 0 aliphatic rings. The van der Waals surface area contributed by atoms with Crippen LogP contribution in [0.2, 0.25) is 5.02 Å². The maximum Gasteiger partial charge on any atom is 0.121 e. The normalized spacial score (nSPS) is 12.8. The van der Waals surface area contributed by atoms with Crippen LogP contribution in [0.5, 0.6) is 0 Å². The monoisotopic (exact) mass is 368 g/mol. The van der Waals surface area contributed by atoms with Crippen LogP contribution in [0.4, 0.5) is 0 Å². The molecule has 1 aromatic rings. The first-order chi connectivity index (χ1) is 9.69. The van der Waals surface area contributed by atoms with Crippen molar-refractivity contribution in [1.29, 1.82) is 0 Å². The van der Waals surface area contributed by atoms with E-state index in [1.54, 1.807) is 20.7 Å². The van der Waals surface area contributed by atoms with E-state index < -0.39 is 0 Å². The van der Waals surface area contributed by atoms with E-state index in [0.717, 1.165) is 8.85 Å². The Hall–Kier alpha value is 0.910. The molecule has 116 valence electrons. The number of unbranched alkanes of at least 4 members (excludes halogenated alkanes) is 5. The number of thioether (sulfide) groups is 1. The van der Waals surface area contributed by atoms with Crippen LogP contribution >= 0.6 is 56.3 Å². The van der Waals surface area contributed by atoms with Crippen molar-refractivity contribution in [2.45, 2.75) is 81.1 Å². The van der Waals surface area contributed by atoms with E-state index in [1.165, 1.54) is 62.0 Å². The van der Waals surface area contributed by atoms with Gasteiger partial charge in [-0.2, -0.15) is 0 Å². The molecule has 0 saturated heterocycles. The third-order valence-corrected chi connectivity index (χ3v) is 9.05. The second kappa shape index (κ2) is 11.5. The number of hydrogen-bond donors (Lipinski definition) is 0. The molecule has 20 heavy (non-hydrogen) atoms. The van der Waals surface area contributed by atoms with Gasteiger partial charge in [0.2, 0.25) is 0 Å². The third kappa shape index (κ3) is 7.26. The molecule has 0 N–H and O–H groups in total. The van der Waals surface area contributed by atoms with Gasteiger partial charge in [0.15, 0.2) is 0 Å². The summed E-state index contributed by atoms with van der Waals surface area (Å²) in [5.41, 5.74) is 0.